The second kappa shape index (κ2) is 7.57. The Hall–Kier alpha value is -1.17. The molecule has 0 saturated heterocycles. The molecule has 1 aromatic carbocycles. The summed E-state index contributed by atoms with van der Waals surface area (Å²) in [5.74, 6) is 0. The van der Waals surface area contributed by atoms with E-state index >= 15 is 0 Å². The predicted molar refractivity (Wildman–Crippen MR) is 81.1 cm³/mol. The van der Waals surface area contributed by atoms with Crippen molar-refractivity contribution in [2.45, 2.75) is 32.1 Å². The molecule has 0 unspecified atom stereocenters. The van der Waals surface area contributed by atoms with Crippen LogP contribution in [0.25, 0.3) is 0 Å². The van der Waals surface area contributed by atoms with Gasteiger partial charge in [0.25, 0.3) is 0 Å². The quantitative estimate of drug-likeness (QED) is 0.786. The number of sulfonamides is 1. The van der Waals surface area contributed by atoms with Gasteiger partial charge < -0.3 is 5.11 Å². The fourth-order valence-corrected chi connectivity index (χ4v) is 3.12. The molecule has 1 N–H and O–H groups in total. The molecule has 0 fully saturated rings. The molecule has 0 amide bonds. The molecule has 112 valence electrons. The molecular formula is C15H23NO3S. The molecule has 0 heterocycles. The van der Waals surface area contributed by atoms with E-state index in [4.69, 9.17) is 5.11 Å². The van der Waals surface area contributed by atoms with Crippen LogP contribution in [0.4, 0.5) is 0 Å². The van der Waals surface area contributed by atoms with E-state index in [-0.39, 0.29) is 6.61 Å². The van der Waals surface area contributed by atoms with E-state index in [0.717, 1.165) is 11.1 Å². The van der Waals surface area contributed by atoms with Crippen LogP contribution in [0.15, 0.2) is 40.8 Å². The highest BCUT2D eigenvalue weighted by atomic mass is 32.2. The second-order valence-corrected chi connectivity index (χ2v) is 6.97. The van der Waals surface area contributed by atoms with Crippen molar-refractivity contribution in [3.05, 3.63) is 41.5 Å². The fraction of sp³-hybridized carbons (Fsp3) is 0.467. The van der Waals surface area contributed by atoms with E-state index in [0.29, 0.717) is 24.4 Å². The summed E-state index contributed by atoms with van der Waals surface area (Å²) in [4.78, 5) is 0.295. The minimum absolute atomic E-state index is 0.0191. The highest BCUT2D eigenvalue weighted by molar-refractivity contribution is 7.89. The Balaban J connectivity index is 3.03. The number of aryl methyl sites for hydroxylation is 1. The van der Waals surface area contributed by atoms with Crippen LogP contribution in [0.3, 0.4) is 0 Å². The number of aliphatic hydroxyl groups is 1. The van der Waals surface area contributed by atoms with Gasteiger partial charge in [-0.2, -0.15) is 4.31 Å². The zero-order valence-corrected chi connectivity index (χ0v) is 13.2. The summed E-state index contributed by atoms with van der Waals surface area (Å²) >= 11 is 0. The molecule has 1 aromatic rings. The van der Waals surface area contributed by atoms with Crippen LogP contribution >= 0.6 is 0 Å². The van der Waals surface area contributed by atoms with Gasteiger partial charge in [-0.15, -0.1) is 0 Å². The van der Waals surface area contributed by atoms with Crippen LogP contribution in [-0.4, -0.2) is 37.5 Å². The van der Waals surface area contributed by atoms with Crippen molar-refractivity contribution >= 4 is 10.0 Å². The van der Waals surface area contributed by atoms with Crippen LogP contribution in [0.1, 0.15) is 25.8 Å². The Bertz CT molecular complexity index is 543. The summed E-state index contributed by atoms with van der Waals surface area (Å²) in [6.07, 6.45) is 2.31. The van der Waals surface area contributed by atoms with Crippen molar-refractivity contribution in [3.63, 3.8) is 0 Å². The third-order valence-corrected chi connectivity index (χ3v) is 4.81. The van der Waals surface area contributed by atoms with Gasteiger partial charge in [-0.25, -0.2) is 8.42 Å². The standard InChI is InChI=1S/C15H23NO3S/c1-13(2)9-11-16(10-4-12-17)20(18,19)15-7-5-14(3)6-8-15/h5-9,17H,4,10-12H2,1-3H3. The van der Waals surface area contributed by atoms with Crippen molar-refractivity contribution in [2.75, 3.05) is 19.7 Å². The zero-order valence-electron chi connectivity index (χ0n) is 12.3. The minimum Gasteiger partial charge on any atom is -0.396 e. The summed E-state index contributed by atoms with van der Waals surface area (Å²) < 4.78 is 26.6. The summed E-state index contributed by atoms with van der Waals surface area (Å²) in [5.41, 5.74) is 2.09. The highest BCUT2D eigenvalue weighted by Gasteiger charge is 2.22. The topological polar surface area (TPSA) is 57.6 Å². The lowest BCUT2D eigenvalue weighted by Gasteiger charge is -2.20. The molecule has 0 aliphatic heterocycles. The number of nitrogens with zero attached hydrogens (tertiary/aromatic N) is 1. The summed E-state index contributed by atoms with van der Waals surface area (Å²) in [6.45, 7) is 6.41. The van der Waals surface area contributed by atoms with E-state index < -0.39 is 10.0 Å². The van der Waals surface area contributed by atoms with Crippen molar-refractivity contribution in [2.24, 2.45) is 0 Å². The number of benzene rings is 1. The van der Waals surface area contributed by atoms with Crippen LogP contribution < -0.4 is 0 Å². The number of allylic oxidation sites excluding steroid dienone is 1. The molecule has 0 atom stereocenters. The molecule has 0 bridgehead atoms. The zero-order chi connectivity index (χ0) is 15.2. The van der Waals surface area contributed by atoms with Gasteiger partial charge in [0.15, 0.2) is 0 Å². The predicted octanol–water partition coefficient (Wildman–Crippen LogP) is 2.33. The molecule has 0 radical (unpaired) electrons. The lowest BCUT2D eigenvalue weighted by molar-refractivity contribution is 0.272. The fourth-order valence-electron chi connectivity index (χ4n) is 1.70. The summed E-state index contributed by atoms with van der Waals surface area (Å²) in [5, 5.41) is 8.93. The Labute approximate surface area is 121 Å². The Morgan fingerprint density at radius 2 is 1.85 bits per heavy atom. The molecule has 0 aliphatic carbocycles. The molecule has 1 rings (SSSR count). The van der Waals surface area contributed by atoms with Gasteiger partial charge in [0.2, 0.25) is 10.0 Å². The molecule has 20 heavy (non-hydrogen) atoms. The van der Waals surface area contributed by atoms with Gasteiger partial charge >= 0.3 is 0 Å². The first kappa shape index (κ1) is 16.9. The van der Waals surface area contributed by atoms with E-state index in [1.165, 1.54) is 4.31 Å². The third-order valence-electron chi connectivity index (χ3n) is 2.93. The lowest BCUT2D eigenvalue weighted by Crippen LogP contribution is -2.32. The van der Waals surface area contributed by atoms with E-state index in [2.05, 4.69) is 0 Å². The van der Waals surface area contributed by atoms with Crippen molar-refractivity contribution in [1.82, 2.24) is 4.31 Å². The van der Waals surface area contributed by atoms with Crippen LogP contribution in [0.5, 0.6) is 0 Å². The lowest BCUT2D eigenvalue weighted by atomic mass is 10.2. The average Bonchev–Trinajstić information content (AvgIpc) is 2.38. The maximum absolute atomic E-state index is 12.6. The largest absolute Gasteiger partial charge is 0.396 e. The van der Waals surface area contributed by atoms with Crippen LogP contribution in [0.2, 0.25) is 0 Å². The minimum atomic E-state index is -3.51. The number of hydrogen-bond donors (Lipinski definition) is 1. The molecule has 0 saturated carbocycles. The van der Waals surface area contributed by atoms with E-state index in [1.807, 2.05) is 26.8 Å². The average molecular weight is 297 g/mol. The van der Waals surface area contributed by atoms with Gasteiger partial charge in [0.05, 0.1) is 4.90 Å². The maximum Gasteiger partial charge on any atom is 0.243 e. The first-order chi connectivity index (χ1) is 9.37. The Kier molecular flexibility index (Phi) is 6.39. The van der Waals surface area contributed by atoms with Gasteiger partial charge in [0.1, 0.15) is 0 Å². The second-order valence-electron chi connectivity index (χ2n) is 5.03. The molecule has 4 nitrogen and oxygen atoms in total. The van der Waals surface area contributed by atoms with Crippen molar-refractivity contribution < 1.29 is 13.5 Å². The van der Waals surface area contributed by atoms with Gasteiger partial charge in [0, 0.05) is 19.7 Å². The van der Waals surface area contributed by atoms with Crippen LogP contribution in [0, 0.1) is 6.92 Å². The Morgan fingerprint density at radius 1 is 1.25 bits per heavy atom. The van der Waals surface area contributed by atoms with Gasteiger partial charge in [-0.05, 0) is 39.3 Å². The first-order valence-electron chi connectivity index (χ1n) is 6.69. The van der Waals surface area contributed by atoms with Crippen molar-refractivity contribution in [1.29, 1.82) is 0 Å². The molecule has 5 heteroatoms. The maximum atomic E-state index is 12.6. The van der Waals surface area contributed by atoms with E-state index in [1.54, 1.807) is 24.3 Å². The number of aliphatic hydroxyl groups excluding tert-OH is 1. The third kappa shape index (κ3) is 4.74. The summed E-state index contributed by atoms with van der Waals surface area (Å²) in [6, 6.07) is 6.83. The normalized spacial score (nSPS) is 11.7. The highest BCUT2D eigenvalue weighted by Crippen LogP contribution is 2.17. The van der Waals surface area contributed by atoms with Gasteiger partial charge in [-0.1, -0.05) is 29.3 Å². The Morgan fingerprint density at radius 3 is 2.35 bits per heavy atom. The van der Waals surface area contributed by atoms with E-state index in [9.17, 15) is 8.42 Å². The molecular weight excluding hydrogens is 274 g/mol. The van der Waals surface area contributed by atoms with Crippen molar-refractivity contribution in [3.8, 4) is 0 Å². The smallest absolute Gasteiger partial charge is 0.243 e. The van der Waals surface area contributed by atoms with Crippen LogP contribution in [-0.2, 0) is 10.0 Å². The molecule has 0 aliphatic rings. The molecule has 0 aromatic heterocycles. The van der Waals surface area contributed by atoms with Gasteiger partial charge in [-0.3, -0.25) is 0 Å². The number of rotatable bonds is 7. The number of hydrogen-bond acceptors (Lipinski definition) is 3. The SMILES string of the molecule is CC(C)=CCN(CCCO)S(=O)(=O)c1ccc(C)cc1. The first-order valence-corrected chi connectivity index (χ1v) is 8.13. The monoisotopic (exact) mass is 297 g/mol. The summed E-state index contributed by atoms with van der Waals surface area (Å²) in [7, 11) is -3.51. The molecule has 0 spiro atoms.